The summed E-state index contributed by atoms with van der Waals surface area (Å²) in [5.41, 5.74) is 1.43. The summed E-state index contributed by atoms with van der Waals surface area (Å²) in [5.74, 6) is -0.131. The van der Waals surface area contributed by atoms with Gasteiger partial charge in [-0.2, -0.15) is 26.3 Å². The van der Waals surface area contributed by atoms with E-state index < -0.39 is 36.5 Å². The van der Waals surface area contributed by atoms with Crippen LogP contribution in [0.1, 0.15) is 37.2 Å². The highest BCUT2D eigenvalue weighted by Crippen LogP contribution is 2.37. The predicted octanol–water partition coefficient (Wildman–Crippen LogP) is 4.16. The van der Waals surface area contributed by atoms with Gasteiger partial charge in [0.15, 0.2) is 5.69 Å². The van der Waals surface area contributed by atoms with Crippen molar-refractivity contribution in [1.82, 2.24) is 25.5 Å². The van der Waals surface area contributed by atoms with Gasteiger partial charge in [0.2, 0.25) is 5.88 Å². The largest absolute Gasteiger partial charge is 0.477 e. The number of nitrogens with one attached hydrogen (secondary N) is 2. The normalized spacial score (nSPS) is 19.5. The molecule has 43 heavy (non-hydrogen) atoms. The average Bonchev–Trinajstić information content (AvgIpc) is 3.47. The maximum Gasteiger partial charge on any atom is 0.434 e. The Morgan fingerprint density at radius 1 is 1.12 bits per heavy atom. The standard InChI is InChI=1S/C27H32F6N6O4/c1-3-17-15-38(25(41)43-24(26(28,29)30)27(31,32)33)12-13-39(17)20-8-7-19(18-6-5-10-35-23(18)42-4-2)37-21(20)22(40)36-16-9-11-34-14-16/h5-8,10,16-17,24,34H,3-4,9,11-15H2,1-2H3,(H,36,40)/t16-,17-/m1/s1. The molecule has 2 aliphatic heterocycles. The van der Waals surface area contributed by atoms with Crippen molar-refractivity contribution in [3.8, 4) is 17.1 Å². The van der Waals surface area contributed by atoms with E-state index in [-0.39, 0.29) is 31.4 Å². The SMILES string of the molecule is CCOc1ncccc1-c1ccc(N2CCN(C(=O)OC(C(F)(F)F)C(F)(F)F)C[C@H]2CC)c(C(=O)N[C@@H]2CCNC2)n1. The number of nitrogens with zero attached hydrogens (tertiary/aromatic N) is 4. The van der Waals surface area contributed by atoms with Gasteiger partial charge in [0.1, 0.15) is 0 Å². The number of carbonyl (C=O) groups excluding carboxylic acids is 2. The van der Waals surface area contributed by atoms with E-state index in [9.17, 15) is 35.9 Å². The van der Waals surface area contributed by atoms with Gasteiger partial charge in [-0.15, -0.1) is 0 Å². The van der Waals surface area contributed by atoms with Gasteiger partial charge in [-0.25, -0.2) is 14.8 Å². The lowest BCUT2D eigenvalue weighted by molar-refractivity contribution is -0.308. The summed E-state index contributed by atoms with van der Waals surface area (Å²) in [5, 5.41) is 6.14. The second kappa shape index (κ2) is 13.2. The maximum atomic E-state index is 13.6. The van der Waals surface area contributed by atoms with Gasteiger partial charge in [-0.1, -0.05) is 6.92 Å². The minimum Gasteiger partial charge on any atom is -0.477 e. The Morgan fingerprint density at radius 3 is 2.49 bits per heavy atom. The monoisotopic (exact) mass is 618 g/mol. The minimum atomic E-state index is -5.82. The van der Waals surface area contributed by atoms with E-state index in [4.69, 9.17) is 4.74 Å². The maximum absolute atomic E-state index is 13.6. The quantitative estimate of drug-likeness (QED) is 0.425. The lowest BCUT2D eigenvalue weighted by Gasteiger charge is -2.42. The Balaban J connectivity index is 1.62. The number of halogens is 6. The predicted molar refractivity (Wildman–Crippen MR) is 143 cm³/mol. The molecule has 2 saturated heterocycles. The van der Waals surface area contributed by atoms with Crippen LogP contribution in [0.4, 0.5) is 36.8 Å². The average molecular weight is 619 g/mol. The molecule has 2 aromatic rings. The molecule has 2 aromatic heterocycles. The molecule has 2 atom stereocenters. The van der Waals surface area contributed by atoms with E-state index in [0.717, 1.165) is 11.4 Å². The topological polar surface area (TPSA) is 109 Å². The van der Waals surface area contributed by atoms with E-state index >= 15 is 0 Å². The zero-order valence-electron chi connectivity index (χ0n) is 23.5. The van der Waals surface area contributed by atoms with Crippen molar-refractivity contribution in [3.63, 3.8) is 0 Å². The van der Waals surface area contributed by atoms with Gasteiger partial charge in [-0.3, -0.25) is 4.79 Å². The first-order valence-corrected chi connectivity index (χ1v) is 13.8. The number of piperazine rings is 1. The third-order valence-corrected chi connectivity index (χ3v) is 7.15. The van der Waals surface area contributed by atoms with Gasteiger partial charge in [0.05, 0.1) is 23.6 Å². The Morgan fingerprint density at radius 2 is 1.86 bits per heavy atom. The molecule has 2 fully saturated rings. The summed E-state index contributed by atoms with van der Waals surface area (Å²) >= 11 is 0. The summed E-state index contributed by atoms with van der Waals surface area (Å²) in [4.78, 5) is 37.5. The molecular weight excluding hydrogens is 586 g/mol. The summed E-state index contributed by atoms with van der Waals surface area (Å²) < 4.78 is 87.4. The number of aromatic nitrogens is 2. The number of amides is 2. The number of ether oxygens (including phenoxy) is 2. The van der Waals surface area contributed by atoms with Crippen LogP contribution in [0.15, 0.2) is 30.5 Å². The van der Waals surface area contributed by atoms with Gasteiger partial charge in [-0.05, 0) is 50.6 Å². The Hall–Kier alpha value is -3.82. The minimum absolute atomic E-state index is 0.000309. The number of rotatable bonds is 8. The van der Waals surface area contributed by atoms with Crippen LogP contribution < -0.4 is 20.3 Å². The molecule has 2 N–H and O–H groups in total. The molecule has 16 heteroatoms. The van der Waals surface area contributed by atoms with E-state index in [2.05, 4.69) is 25.3 Å². The first kappa shape index (κ1) is 32.1. The molecule has 0 bridgehead atoms. The van der Waals surface area contributed by atoms with Crippen molar-refractivity contribution in [3.05, 3.63) is 36.2 Å². The fourth-order valence-electron chi connectivity index (χ4n) is 5.05. The zero-order chi connectivity index (χ0) is 31.4. The van der Waals surface area contributed by atoms with Crippen LogP contribution in [-0.4, -0.2) is 96.7 Å². The van der Waals surface area contributed by atoms with Crippen molar-refractivity contribution in [2.24, 2.45) is 0 Å². The van der Waals surface area contributed by atoms with Gasteiger partial charge >= 0.3 is 18.4 Å². The molecule has 2 amide bonds. The first-order valence-electron chi connectivity index (χ1n) is 13.8. The summed E-state index contributed by atoms with van der Waals surface area (Å²) in [6.45, 7) is 4.73. The second-order valence-corrected chi connectivity index (χ2v) is 10.1. The third kappa shape index (κ3) is 7.58. The van der Waals surface area contributed by atoms with E-state index in [1.165, 1.54) is 0 Å². The summed E-state index contributed by atoms with van der Waals surface area (Å²) in [6, 6.07) is 6.09. The van der Waals surface area contributed by atoms with Crippen molar-refractivity contribution < 1.29 is 45.4 Å². The van der Waals surface area contributed by atoms with Gasteiger partial charge in [0, 0.05) is 44.5 Å². The molecular formula is C27H32F6N6O4. The summed E-state index contributed by atoms with van der Waals surface area (Å²) in [7, 11) is 0. The number of pyridine rings is 2. The van der Waals surface area contributed by atoms with Crippen LogP contribution in [0.2, 0.25) is 0 Å². The number of hydrogen-bond donors (Lipinski definition) is 2. The highest BCUT2D eigenvalue weighted by Gasteiger charge is 2.60. The van der Waals surface area contributed by atoms with Crippen LogP contribution >= 0.6 is 0 Å². The van der Waals surface area contributed by atoms with E-state index in [0.29, 0.717) is 48.8 Å². The number of anilines is 1. The van der Waals surface area contributed by atoms with Crippen LogP contribution in [0.25, 0.3) is 11.3 Å². The third-order valence-electron chi connectivity index (χ3n) is 7.15. The van der Waals surface area contributed by atoms with E-state index in [1.54, 1.807) is 49.2 Å². The lowest BCUT2D eigenvalue weighted by Crippen LogP contribution is -2.57. The Bertz CT molecular complexity index is 1270. The first-order chi connectivity index (χ1) is 20.3. The molecule has 236 valence electrons. The smallest absolute Gasteiger partial charge is 0.434 e. The molecule has 2 aliphatic rings. The molecule has 0 unspecified atom stereocenters. The highest BCUT2D eigenvalue weighted by molar-refractivity contribution is 5.99. The van der Waals surface area contributed by atoms with Gasteiger partial charge in [0.25, 0.3) is 12.0 Å². The molecule has 4 rings (SSSR count). The number of alkyl halides is 6. The Kier molecular flexibility index (Phi) is 9.87. The van der Waals surface area contributed by atoms with Crippen LogP contribution in [-0.2, 0) is 4.74 Å². The fraction of sp³-hybridized carbons (Fsp3) is 0.556. The van der Waals surface area contributed by atoms with Crippen LogP contribution in [0.3, 0.4) is 0 Å². The lowest BCUT2D eigenvalue weighted by atomic mass is 10.1. The Labute approximate surface area is 243 Å². The van der Waals surface area contributed by atoms with Crippen LogP contribution in [0.5, 0.6) is 5.88 Å². The molecule has 0 spiro atoms. The van der Waals surface area contributed by atoms with Crippen LogP contribution in [0, 0.1) is 0 Å². The molecule has 0 saturated carbocycles. The number of hydrogen-bond acceptors (Lipinski definition) is 8. The molecule has 10 nitrogen and oxygen atoms in total. The van der Waals surface area contributed by atoms with E-state index in [1.807, 2.05) is 0 Å². The number of carbonyl (C=O) groups is 2. The molecule has 4 heterocycles. The highest BCUT2D eigenvalue weighted by atomic mass is 19.4. The van der Waals surface area contributed by atoms with Crippen molar-refractivity contribution >= 4 is 17.7 Å². The van der Waals surface area contributed by atoms with Gasteiger partial charge < -0.3 is 29.9 Å². The second-order valence-electron chi connectivity index (χ2n) is 10.1. The molecule has 0 aromatic carbocycles. The molecule has 0 radical (unpaired) electrons. The zero-order valence-corrected chi connectivity index (χ0v) is 23.5. The molecule has 0 aliphatic carbocycles. The summed E-state index contributed by atoms with van der Waals surface area (Å²) in [6.07, 6.45) is -15.0. The van der Waals surface area contributed by atoms with Crippen molar-refractivity contribution in [1.29, 1.82) is 0 Å². The van der Waals surface area contributed by atoms with Crippen molar-refractivity contribution in [2.45, 2.75) is 57.2 Å². The fourth-order valence-corrected chi connectivity index (χ4v) is 5.05. The van der Waals surface area contributed by atoms with Crippen molar-refractivity contribution in [2.75, 3.05) is 44.2 Å².